The first kappa shape index (κ1) is 34.8. The van der Waals surface area contributed by atoms with Gasteiger partial charge in [0.1, 0.15) is 30.6 Å². The van der Waals surface area contributed by atoms with Gasteiger partial charge in [-0.25, -0.2) is 4.39 Å². The van der Waals surface area contributed by atoms with E-state index in [4.69, 9.17) is 36.1 Å². The van der Waals surface area contributed by atoms with Gasteiger partial charge in [0.15, 0.2) is 18.7 Å². The van der Waals surface area contributed by atoms with Crippen LogP contribution in [0.1, 0.15) is 51.9 Å². The summed E-state index contributed by atoms with van der Waals surface area (Å²) in [5.74, 6) is -0.445. The SMILES string of the molecule is C[CH-]CC(F)C(O)C(=O)NC1CC(N)C(OC2OC(CNCC3CC(N)C3)CCC2N)C(OC2OC(CO)CC2O)C1O. The molecule has 0 spiro atoms. The molecule has 250 valence electrons. The van der Waals surface area contributed by atoms with E-state index in [0.717, 1.165) is 25.8 Å². The largest absolute Gasteiger partial charge is 0.394 e. The average molecular weight is 621 g/mol. The number of hydrogen-bond acceptors (Lipinski definition) is 13. The molecule has 15 heteroatoms. The highest BCUT2D eigenvalue weighted by Gasteiger charge is 2.50. The zero-order valence-corrected chi connectivity index (χ0v) is 24.7. The third kappa shape index (κ3) is 9.01. The van der Waals surface area contributed by atoms with Crippen molar-refractivity contribution in [3.05, 3.63) is 6.42 Å². The van der Waals surface area contributed by atoms with E-state index in [2.05, 4.69) is 10.6 Å². The number of rotatable bonds is 14. The Hall–Kier alpha value is -1.08. The third-order valence-corrected chi connectivity index (χ3v) is 8.93. The second kappa shape index (κ2) is 16.0. The minimum atomic E-state index is -1.95. The molecule has 14 nitrogen and oxygen atoms in total. The van der Waals surface area contributed by atoms with Crippen molar-refractivity contribution in [2.45, 2.75) is 138 Å². The standard InChI is InChI=1S/C28H51FN5O9/c1-2-3-17(29)22(37)26(39)34-20-9-19(32)24(25(23(20)38)43-28-21(36)8-16(12-35)41-28)42-27-18(31)5-4-15(40-27)11-33-10-13-6-14(30)7-13/h2,13-25,27-28,33,35-38H,3-12,30-32H2,1H3,(H,34,39)/q-1. The second-order valence-corrected chi connectivity index (χ2v) is 12.5. The monoisotopic (exact) mass is 620 g/mol. The molecule has 2 aliphatic carbocycles. The molecule has 0 aromatic heterocycles. The summed E-state index contributed by atoms with van der Waals surface area (Å²) in [5.41, 5.74) is 18.8. The molecular formula is C28H51FN5O9-. The fraction of sp³-hybridized carbons (Fsp3) is 0.929. The molecule has 4 rings (SSSR count). The number of carbonyl (C=O) groups is 1. The molecule has 13 atom stereocenters. The Morgan fingerprint density at radius 1 is 1.00 bits per heavy atom. The molecule has 12 N–H and O–H groups in total. The fourth-order valence-electron chi connectivity index (χ4n) is 6.33. The summed E-state index contributed by atoms with van der Waals surface area (Å²) in [7, 11) is 0. The van der Waals surface area contributed by atoms with Crippen LogP contribution in [0, 0.1) is 12.3 Å². The predicted molar refractivity (Wildman–Crippen MR) is 152 cm³/mol. The molecule has 0 bridgehead atoms. The zero-order chi connectivity index (χ0) is 31.3. The number of hydrogen-bond donors (Lipinski definition) is 9. The van der Waals surface area contributed by atoms with Crippen LogP contribution in [0.2, 0.25) is 0 Å². The lowest BCUT2D eigenvalue weighted by atomic mass is 9.81. The number of aliphatic hydroxyl groups excluding tert-OH is 4. The molecule has 4 aliphatic rings. The van der Waals surface area contributed by atoms with Crippen molar-refractivity contribution in [1.29, 1.82) is 0 Å². The summed E-state index contributed by atoms with van der Waals surface area (Å²) in [5, 5.41) is 47.4. The summed E-state index contributed by atoms with van der Waals surface area (Å²) in [6.45, 7) is 2.72. The minimum Gasteiger partial charge on any atom is -0.394 e. The van der Waals surface area contributed by atoms with Crippen molar-refractivity contribution in [3.63, 3.8) is 0 Å². The second-order valence-electron chi connectivity index (χ2n) is 12.5. The maximum atomic E-state index is 14.2. The Morgan fingerprint density at radius 2 is 1.70 bits per heavy atom. The first-order chi connectivity index (χ1) is 20.5. The average Bonchev–Trinajstić information content (AvgIpc) is 3.32. The van der Waals surface area contributed by atoms with E-state index in [9.17, 15) is 29.6 Å². The van der Waals surface area contributed by atoms with Crippen LogP contribution < -0.4 is 27.8 Å². The zero-order valence-electron chi connectivity index (χ0n) is 24.7. The lowest BCUT2D eigenvalue weighted by Crippen LogP contribution is -2.67. The lowest BCUT2D eigenvalue weighted by Gasteiger charge is -2.46. The number of alkyl halides is 1. The number of halogens is 1. The predicted octanol–water partition coefficient (Wildman–Crippen LogP) is -2.73. The highest BCUT2D eigenvalue weighted by Crippen LogP contribution is 2.32. The van der Waals surface area contributed by atoms with E-state index in [1.165, 1.54) is 6.42 Å². The van der Waals surface area contributed by atoms with Crippen molar-refractivity contribution < 1.29 is 48.6 Å². The number of carbonyl (C=O) groups excluding carboxylic acids is 1. The van der Waals surface area contributed by atoms with Crippen molar-refractivity contribution in [3.8, 4) is 0 Å². The maximum absolute atomic E-state index is 14.2. The van der Waals surface area contributed by atoms with Crippen LogP contribution in [0.15, 0.2) is 0 Å². The van der Waals surface area contributed by atoms with Crippen molar-refractivity contribution >= 4 is 5.91 Å². The first-order valence-electron chi connectivity index (χ1n) is 15.5. The van der Waals surface area contributed by atoms with Crippen molar-refractivity contribution in [2.24, 2.45) is 23.1 Å². The van der Waals surface area contributed by atoms with Crippen LogP contribution in [0.25, 0.3) is 0 Å². The number of nitrogens with one attached hydrogen (secondary N) is 2. The molecule has 0 aromatic carbocycles. The van der Waals surface area contributed by atoms with Crippen LogP contribution in [0.3, 0.4) is 0 Å². The van der Waals surface area contributed by atoms with Crippen LogP contribution in [0.4, 0.5) is 4.39 Å². The molecule has 4 fully saturated rings. The van der Waals surface area contributed by atoms with Gasteiger partial charge in [-0.1, -0.05) is 0 Å². The van der Waals surface area contributed by atoms with Gasteiger partial charge in [0, 0.05) is 25.0 Å². The molecule has 43 heavy (non-hydrogen) atoms. The summed E-state index contributed by atoms with van der Waals surface area (Å²) >= 11 is 0. The van der Waals surface area contributed by atoms with Gasteiger partial charge >= 0.3 is 0 Å². The molecule has 2 aliphatic heterocycles. The topological polar surface area (TPSA) is 237 Å². The van der Waals surface area contributed by atoms with E-state index in [0.29, 0.717) is 18.9 Å². The summed E-state index contributed by atoms with van der Waals surface area (Å²) in [4.78, 5) is 12.6. The normalized spacial score (nSPS) is 43.1. The number of nitrogens with two attached hydrogens (primary N) is 3. The Bertz CT molecular complexity index is 876. The van der Waals surface area contributed by atoms with E-state index in [-0.39, 0.29) is 38.0 Å². The van der Waals surface area contributed by atoms with E-state index >= 15 is 0 Å². The van der Waals surface area contributed by atoms with E-state index < -0.39 is 79.4 Å². The van der Waals surface area contributed by atoms with Gasteiger partial charge in [0.25, 0.3) is 5.91 Å². The molecule has 2 saturated carbocycles. The van der Waals surface area contributed by atoms with Gasteiger partial charge in [0.05, 0.1) is 30.9 Å². The van der Waals surface area contributed by atoms with Crippen molar-refractivity contribution in [2.75, 3.05) is 19.7 Å². The van der Waals surface area contributed by atoms with Crippen LogP contribution >= 0.6 is 0 Å². The smallest absolute Gasteiger partial charge is 0.252 e. The molecule has 0 radical (unpaired) electrons. The minimum absolute atomic E-state index is 0.00478. The third-order valence-electron chi connectivity index (χ3n) is 8.93. The molecule has 1 amide bonds. The van der Waals surface area contributed by atoms with Gasteiger partial charge in [-0.3, -0.25) is 4.79 Å². The van der Waals surface area contributed by atoms with Crippen LogP contribution in [-0.2, 0) is 23.7 Å². The summed E-state index contributed by atoms with van der Waals surface area (Å²) in [6.07, 6.45) is -6.67. The highest BCUT2D eigenvalue weighted by molar-refractivity contribution is 5.81. The molecule has 2 saturated heterocycles. The Kier molecular flexibility index (Phi) is 12.9. The molecular weight excluding hydrogens is 569 g/mol. The number of aliphatic hydroxyl groups is 4. The Balaban J connectivity index is 1.43. The first-order valence-corrected chi connectivity index (χ1v) is 15.5. The summed E-state index contributed by atoms with van der Waals surface area (Å²) < 4.78 is 38.3. The van der Waals surface area contributed by atoms with Gasteiger partial charge in [-0.05, 0) is 44.6 Å². The maximum Gasteiger partial charge on any atom is 0.252 e. The van der Waals surface area contributed by atoms with Crippen LogP contribution in [-0.4, -0.2) is 132 Å². The quantitative estimate of drug-likeness (QED) is 0.0898. The van der Waals surface area contributed by atoms with E-state index in [1.807, 2.05) is 0 Å². The van der Waals surface area contributed by atoms with Gasteiger partial charge in [0.2, 0.25) is 0 Å². The Labute approximate surface area is 252 Å². The van der Waals surface area contributed by atoms with E-state index in [1.54, 1.807) is 6.92 Å². The molecule has 13 unspecified atom stereocenters. The fourth-order valence-corrected chi connectivity index (χ4v) is 6.33. The highest BCUT2D eigenvalue weighted by atomic mass is 19.1. The molecule has 0 aromatic rings. The van der Waals surface area contributed by atoms with Gasteiger partial charge < -0.3 is 73.6 Å². The lowest BCUT2D eigenvalue weighted by molar-refractivity contribution is -0.288. The Morgan fingerprint density at radius 3 is 2.35 bits per heavy atom. The molecule has 2 heterocycles. The van der Waals surface area contributed by atoms with Crippen molar-refractivity contribution in [1.82, 2.24) is 10.6 Å². The van der Waals surface area contributed by atoms with Gasteiger partial charge in [-0.2, -0.15) is 6.92 Å². The number of ether oxygens (including phenoxy) is 4. The van der Waals surface area contributed by atoms with Gasteiger partial charge in [-0.15, -0.1) is 6.42 Å². The van der Waals surface area contributed by atoms with Crippen LogP contribution in [0.5, 0.6) is 0 Å². The number of amides is 1. The summed E-state index contributed by atoms with van der Waals surface area (Å²) in [6, 6.07) is -2.07.